The number of hydrogen-bond acceptors (Lipinski definition) is 1. The Bertz CT molecular complexity index is 292. The van der Waals surface area contributed by atoms with E-state index in [0.717, 1.165) is 17.7 Å². The van der Waals surface area contributed by atoms with E-state index in [1.165, 1.54) is 11.1 Å². The van der Waals surface area contributed by atoms with E-state index in [0.29, 0.717) is 5.92 Å². The van der Waals surface area contributed by atoms with Crippen LogP contribution in [0.2, 0.25) is 0 Å². The summed E-state index contributed by atoms with van der Waals surface area (Å²) < 4.78 is 6.33. The highest BCUT2D eigenvalue weighted by atomic mass is 79.9. The minimum atomic E-state index is 0.627. The predicted molar refractivity (Wildman–Crippen MR) is 52.4 cm³/mol. The molecule has 1 fully saturated rings. The van der Waals surface area contributed by atoms with E-state index in [1.807, 2.05) is 0 Å². The first-order valence-corrected chi connectivity index (χ1v) is 4.90. The largest absolute Gasteiger partial charge is 0.380 e. The molecule has 0 unspecified atom stereocenters. The van der Waals surface area contributed by atoms with E-state index in [4.69, 9.17) is 4.74 Å². The Morgan fingerprint density at radius 1 is 1.42 bits per heavy atom. The van der Waals surface area contributed by atoms with Crippen LogP contribution >= 0.6 is 15.9 Å². The van der Waals surface area contributed by atoms with Crippen molar-refractivity contribution in [1.29, 1.82) is 0 Å². The summed E-state index contributed by atoms with van der Waals surface area (Å²) in [6.45, 7) is 3.93. The normalized spacial score (nSPS) is 17.5. The summed E-state index contributed by atoms with van der Waals surface area (Å²) in [6, 6.07) is 6.43. The van der Waals surface area contributed by atoms with Gasteiger partial charge in [0, 0.05) is 10.4 Å². The molecule has 12 heavy (non-hydrogen) atoms. The van der Waals surface area contributed by atoms with Gasteiger partial charge in [0.2, 0.25) is 0 Å². The van der Waals surface area contributed by atoms with Crippen molar-refractivity contribution >= 4 is 15.9 Å². The van der Waals surface area contributed by atoms with Gasteiger partial charge in [-0.1, -0.05) is 22.0 Å². The molecule has 1 nitrogen and oxygen atoms in total. The summed E-state index contributed by atoms with van der Waals surface area (Å²) >= 11 is 3.48. The lowest BCUT2D eigenvalue weighted by atomic mass is 9.94. The van der Waals surface area contributed by atoms with Crippen LogP contribution in [-0.2, 0) is 4.74 Å². The number of hydrogen-bond donors (Lipinski definition) is 0. The van der Waals surface area contributed by atoms with Crippen LogP contribution in [0.15, 0.2) is 22.7 Å². The van der Waals surface area contributed by atoms with Gasteiger partial charge in [-0.15, -0.1) is 0 Å². The number of halogens is 1. The van der Waals surface area contributed by atoms with Crippen molar-refractivity contribution in [3.05, 3.63) is 33.8 Å². The maximum atomic E-state index is 5.17. The standard InChI is InChI=1S/C10H11BrO/c1-7-2-3-9(11)4-10(7)8-5-12-6-8/h2-4,8H,5-6H2,1H3. The van der Waals surface area contributed by atoms with E-state index in [9.17, 15) is 0 Å². The van der Waals surface area contributed by atoms with Crippen LogP contribution in [0.25, 0.3) is 0 Å². The van der Waals surface area contributed by atoms with Crippen LogP contribution < -0.4 is 0 Å². The lowest BCUT2D eigenvalue weighted by Gasteiger charge is -2.27. The van der Waals surface area contributed by atoms with E-state index in [-0.39, 0.29) is 0 Å². The first-order chi connectivity index (χ1) is 5.77. The number of aryl methyl sites for hydroxylation is 1. The van der Waals surface area contributed by atoms with Crippen molar-refractivity contribution in [3.8, 4) is 0 Å². The Balaban J connectivity index is 2.34. The van der Waals surface area contributed by atoms with Crippen LogP contribution in [-0.4, -0.2) is 13.2 Å². The highest BCUT2D eigenvalue weighted by molar-refractivity contribution is 9.10. The second kappa shape index (κ2) is 3.19. The fourth-order valence-corrected chi connectivity index (χ4v) is 1.85. The Morgan fingerprint density at radius 2 is 2.17 bits per heavy atom. The van der Waals surface area contributed by atoms with E-state index in [2.05, 4.69) is 41.1 Å². The van der Waals surface area contributed by atoms with Gasteiger partial charge in [0.05, 0.1) is 13.2 Å². The summed E-state index contributed by atoms with van der Waals surface area (Å²) in [4.78, 5) is 0. The third-order valence-electron chi connectivity index (χ3n) is 2.32. The molecule has 1 heterocycles. The van der Waals surface area contributed by atoms with Gasteiger partial charge in [0.15, 0.2) is 0 Å². The highest BCUT2D eigenvalue weighted by Crippen LogP contribution is 2.28. The molecule has 64 valence electrons. The molecule has 0 amide bonds. The number of ether oxygens (including phenoxy) is 1. The zero-order chi connectivity index (χ0) is 8.55. The molecule has 0 atom stereocenters. The van der Waals surface area contributed by atoms with Gasteiger partial charge < -0.3 is 4.74 Å². The summed E-state index contributed by atoms with van der Waals surface area (Å²) in [5.41, 5.74) is 2.79. The Hall–Kier alpha value is -0.340. The molecule has 0 radical (unpaired) electrons. The SMILES string of the molecule is Cc1ccc(Br)cc1C1COC1. The molecular formula is C10H11BrO. The van der Waals surface area contributed by atoms with E-state index >= 15 is 0 Å². The monoisotopic (exact) mass is 226 g/mol. The van der Waals surface area contributed by atoms with Crippen LogP contribution in [0.5, 0.6) is 0 Å². The zero-order valence-electron chi connectivity index (χ0n) is 7.01. The van der Waals surface area contributed by atoms with Crippen molar-refractivity contribution in [1.82, 2.24) is 0 Å². The molecule has 0 bridgehead atoms. The third kappa shape index (κ3) is 1.41. The number of benzene rings is 1. The van der Waals surface area contributed by atoms with Gasteiger partial charge in [-0.25, -0.2) is 0 Å². The molecule has 1 aliphatic heterocycles. The molecule has 1 aliphatic rings. The van der Waals surface area contributed by atoms with Crippen LogP contribution in [0, 0.1) is 6.92 Å². The van der Waals surface area contributed by atoms with Gasteiger partial charge in [-0.3, -0.25) is 0 Å². The Kier molecular flexibility index (Phi) is 2.20. The lowest BCUT2D eigenvalue weighted by molar-refractivity contribution is 0.00815. The third-order valence-corrected chi connectivity index (χ3v) is 2.81. The molecule has 1 saturated heterocycles. The summed E-state index contributed by atoms with van der Waals surface area (Å²) in [5.74, 6) is 0.627. The average Bonchev–Trinajstić information content (AvgIpc) is 1.93. The second-order valence-electron chi connectivity index (χ2n) is 3.24. The van der Waals surface area contributed by atoms with Crippen LogP contribution in [0.1, 0.15) is 17.0 Å². The second-order valence-corrected chi connectivity index (χ2v) is 4.15. The first-order valence-electron chi connectivity index (χ1n) is 4.11. The lowest BCUT2D eigenvalue weighted by Crippen LogP contribution is -2.25. The fraction of sp³-hybridized carbons (Fsp3) is 0.400. The molecule has 2 rings (SSSR count). The maximum absolute atomic E-state index is 5.17. The Labute approximate surface area is 80.9 Å². The molecule has 1 aromatic rings. The van der Waals surface area contributed by atoms with Crippen LogP contribution in [0.3, 0.4) is 0 Å². The zero-order valence-corrected chi connectivity index (χ0v) is 8.60. The number of rotatable bonds is 1. The van der Waals surface area contributed by atoms with E-state index in [1.54, 1.807) is 0 Å². The first kappa shape index (κ1) is 8.27. The molecule has 1 aromatic carbocycles. The fourth-order valence-electron chi connectivity index (χ4n) is 1.47. The average molecular weight is 227 g/mol. The minimum absolute atomic E-state index is 0.627. The van der Waals surface area contributed by atoms with Crippen molar-refractivity contribution in [2.75, 3.05) is 13.2 Å². The highest BCUT2D eigenvalue weighted by Gasteiger charge is 2.21. The van der Waals surface area contributed by atoms with Crippen molar-refractivity contribution < 1.29 is 4.74 Å². The molecule has 0 saturated carbocycles. The van der Waals surface area contributed by atoms with E-state index < -0.39 is 0 Å². The maximum Gasteiger partial charge on any atom is 0.0557 e. The molecule has 2 heteroatoms. The van der Waals surface area contributed by atoms with Gasteiger partial charge in [-0.2, -0.15) is 0 Å². The van der Waals surface area contributed by atoms with Crippen LogP contribution in [0.4, 0.5) is 0 Å². The van der Waals surface area contributed by atoms with Crippen molar-refractivity contribution in [2.45, 2.75) is 12.8 Å². The minimum Gasteiger partial charge on any atom is -0.380 e. The molecule has 0 spiro atoms. The van der Waals surface area contributed by atoms with Gasteiger partial charge >= 0.3 is 0 Å². The summed E-state index contributed by atoms with van der Waals surface area (Å²) in [6.07, 6.45) is 0. The molecule has 0 N–H and O–H groups in total. The van der Waals surface area contributed by atoms with Gasteiger partial charge in [-0.05, 0) is 30.2 Å². The molecular weight excluding hydrogens is 216 g/mol. The summed E-state index contributed by atoms with van der Waals surface area (Å²) in [5, 5.41) is 0. The van der Waals surface area contributed by atoms with Gasteiger partial charge in [0.1, 0.15) is 0 Å². The molecule has 0 aromatic heterocycles. The topological polar surface area (TPSA) is 9.23 Å². The van der Waals surface area contributed by atoms with Crippen molar-refractivity contribution in [2.24, 2.45) is 0 Å². The van der Waals surface area contributed by atoms with Crippen molar-refractivity contribution in [3.63, 3.8) is 0 Å². The summed E-state index contributed by atoms with van der Waals surface area (Å²) in [7, 11) is 0. The Morgan fingerprint density at radius 3 is 2.75 bits per heavy atom. The molecule has 0 aliphatic carbocycles. The quantitative estimate of drug-likeness (QED) is 0.716. The smallest absolute Gasteiger partial charge is 0.0557 e. The predicted octanol–water partition coefficient (Wildman–Crippen LogP) is 2.87. The van der Waals surface area contributed by atoms with Gasteiger partial charge in [0.25, 0.3) is 0 Å².